The van der Waals surface area contributed by atoms with Crippen LogP contribution in [0.1, 0.15) is 46.5 Å². The lowest BCUT2D eigenvalue weighted by Gasteiger charge is -2.38. The van der Waals surface area contributed by atoms with Gasteiger partial charge in [0.1, 0.15) is 0 Å². The van der Waals surface area contributed by atoms with Crippen molar-refractivity contribution in [3.63, 3.8) is 0 Å². The van der Waals surface area contributed by atoms with Crippen molar-refractivity contribution in [2.24, 2.45) is 5.92 Å². The summed E-state index contributed by atoms with van der Waals surface area (Å²) in [5, 5.41) is 9.12. The number of alkyl halides is 2. The minimum Gasteiger partial charge on any atom is -0.465 e. The van der Waals surface area contributed by atoms with Crippen molar-refractivity contribution in [3.05, 3.63) is 0 Å². The standard InChI is InChI=1S/C12H21F2NO2/c1-11(2,3)15(10(16)17)8-9-4-6-12(13,14)7-5-9/h9H,4-8H2,1-3H3,(H,16,17). The first-order valence-corrected chi connectivity index (χ1v) is 6.00. The predicted molar refractivity (Wildman–Crippen MR) is 61.4 cm³/mol. The van der Waals surface area contributed by atoms with Gasteiger partial charge in [0.25, 0.3) is 0 Å². The molecule has 100 valence electrons. The van der Waals surface area contributed by atoms with Crippen LogP contribution in [0.5, 0.6) is 0 Å². The van der Waals surface area contributed by atoms with E-state index in [1.807, 2.05) is 20.8 Å². The predicted octanol–water partition coefficient (Wildman–Crippen LogP) is 3.59. The second-order valence-electron chi connectivity index (χ2n) is 5.86. The molecule has 1 aliphatic carbocycles. The second-order valence-corrected chi connectivity index (χ2v) is 5.86. The van der Waals surface area contributed by atoms with Gasteiger partial charge in [0.2, 0.25) is 5.92 Å². The number of carbonyl (C=O) groups is 1. The Hall–Kier alpha value is -0.870. The number of amides is 1. The van der Waals surface area contributed by atoms with Gasteiger partial charge in [0.05, 0.1) is 0 Å². The summed E-state index contributed by atoms with van der Waals surface area (Å²) in [7, 11) is 0. The maximum Gasteiger partial charge on any atom is 0.407 e. The van der Waals surface area contributed by atoms with Gasteiger partial charge < -0.3 is 10.0 Å². The molecule has 1 fully saturated rings. The van der Waals surface area contributed by atoms with E-state index in [1.54, 1.807) is 0 Å². The van der Waals surface area contributed by atoms with Crippen LogP contribution < -0.4 is 0 Å². The molecule has 0 radical (unpaired) electrons. The van der Waals surface area contributed by atoms with Crippen LogP contribution in [0.2, 0.25) is 0 Å². The third-order valence-electron chi connectivity index (χ3n) is 3.32. The lowest BCUT2D eigenvalue weighted by atomic mass is 9.86. The molecule has 1 aliphatic rings. The number of rotatable bonds is 2. The van der Waals surface area contributed by atoms with E-state index >= 15 is 0 Å². The van der Waals surface area contributed by atoms with Crippen LogP contribution >= 0.6 is 0 Å². The minimum atomic E-state index is -2.55. The molecule has 1 saturated carbocycles. The molecule has 0 heterocycles. The van der Waals surface area contributed by atoms with Crippen molar-refractivity contribution < 1.29 is 18.7 Å². The summed E-state index contributed by atoms with van der Waals surface area (Å²) < 4.78 is 26.0. The first-order chi connectivity index (χ1) is 7.62. The molecule has 5 heteroatoms. The normalized spacial score (nSPS) is 21.2. The van der Waals surface area contributed by atoms with Crippen molar-refractivity contribution in [2.75, 3.05) is 6.54 Å². The highest BCUT2D eigenvalue weighted by Crippen LogP contribution is 2.37. The molecule has 3 nitrogen and oxygen atoms in total. The number of hydrogen-bond acceptors (Lipinski definition) is 1. The van der Waals surface area contributed by atoms with Crippen LogP contribution in [-0.4, -0.2) is 34.1 Å². The highest BCUT2D eigenvalue weighted by molar-refractivity contribution is 5.66. The zero-order valence-electron chi connectivity index (χ0n) is 10.7. The first kappa shape index (κ1) is 14.2. The molecule has 0 aliphatic heterocycles. The van der Waals surface area contributed by atoms with Gasteiger partial charge in [-0.1, -0.05) is 0 Å². The van der Waals surface area contributed by atoms with E-state index in [1.165, 1.54) is 4.90 Å². The van der Waals surface area contributed by atoms with E-state index < -0.39 is 17.6 Å². The molecule has 0 unspecified atom stereocenters. The van der Waals surface area contributed by atoms with Crippen molar-refractivity contribution >= 4 is 6.09 Å². The number of nitrogens with zero attached hydrogens (tertiary/aromatic N) is 1. The number of carboxylic acid groups (broad SMARTS) is 1. The molecule has 0 atom stereocenters. The van der Waals surface area contributed by atoms with Crippen LogP contribution in [0.25, 0.3) is 0 Å². The van der Waals surface area contributed by atoms with Gasteiger partial charge in [-0.3, -0.25) is 0 Å². The van der Waals surface area contributed by atoms with Crippen molar-refractivity contribution in [2.45, 2.75) is 57.9 Å². The summed E-state index contributed by atoms with van der Waals surface area (Å²) in [6, 6.07) is 0. The van der Waals surface area contributed by atoms with Gasteiger partial charge in [0.15, 0.2) is 0 Å². The Morgan fingerprint density at radius 1 is 1.35 bits per heavy atom. The highest BCUT2D eigenvalue weighted by atomic mass is 19.3. The summed E-state index contributed by atoms with van der Waals surface area (Å²) in [6.45, 7) is 5.81. The Kier molecular flexibility index (Phi) is 3.99. The second kappa shape index (κ2) is 4.78. The summed E-state index contributed by atoms with van der Waals surface area (Å²) >= 11 is 0. The SMILES string of the molecule is CC(C)(C)N(CC1CCC(F)(F)CC1)C(=O)O. The lowest BCUT2D eigenvalue weighted by Crippen LogP contribution is -2.48. The van der Waals surface area contributed by atoms with E-state index in [-0.39, 0.29) is 18.8 Å². The molecule has 0 aromatic carbocycles. The van der Waals surface area contributed by atoms with Gasteiger partial charge in [-0.25, -0.2) is 13.6 Å². The van der Waals surface area contributed by atoms with Crippen LogP contribution in [-0.2, 0) is 0 Å². The van der Waals surface area contributed by atoms with Crippen molar-refractivity contribution in [1.29, 1.82) is 0 Å². The van der Waals surface area contributed by atoms with E-state index in [0.29, 0.717) is 19.4 Å². The molecule has 0 bridgehead atoms. The van der Waals surface area contributed by atoms with Crippen molar-refractivity contribution in [1.82, 2.24) is 4.90 Å². The Balaban J connectivity index is 2.56. The quantitative estimate of drug-likeness (QED) is 0.812. The molecule has 1 rings (SSSR count). The van der Waals surface area contributed by atoms with Crippen LogP contribution in [0.3, 0.4) is 0 Å². The summed E-state index contributed by atoms with van der Waals surface area (Å²) in [6.07, 6.45) is -0.389. The van der Waals surface area contributed by atoms with Crippen LogP contribution in [0.4, 0.5) is 13.6 Å². The largest absolute Gasteiger partial charge is 0.465 e. The van der Waals surface area contributed by atoms with Gasteiger partial charge in [-0.15, -0.1) is 0 Å². The highest BCUT2D eigenvalue weighted by Gasteiger charge is 2.37. The molecular weight excluding hydrogens is 228 g/mol. The maximum atomic E-state index is 13.0. The fraction of sp³-hybridized carbons (Fsp3) is 0.917. The van der Waals surface area contributed by atoms with E-state index in [9.17, 15) is 13.6 Å². The van der Waals surface area contributed by atoms with E-state index in [0.717, 1.165) is 0 Å². The maximum absolute atomic E-state index is 13.0. The topological polar surface area (TPSA) is 40.5 Å². The average molecular weight is 249 g/mol. The lowest BCUT2D eigenvalue weighted by molar-refractivity contribution is -0.0502. The Morgan fingerprint density at radius 2 is 1.82 bits per heavy atom. The first-order valence-electron chi connectivity index (χ1n) is 6.00. The Labute approximate surface area is 101 Å². The molecule has 0 aromatic heterocycles. The molecule has 1 amide bonds. The Morgan fingerprint density at radius 3 is 2.18 bits per heavy atom. The van der Waals surface area contributed by atoms with E-state index in [4.69, 9.17) is 5.11 Å². The van der Waals surface area contributed by atoms with Gasteiger partial charge in [0, 0.05) is 24.9 Å². The zero-order chi connectivity index (χ0) is 13.3. The minimum absolute atomic E-state index is 0.0601. The van der Waals surface area contributed by atoms with Gasteiger partial charge >= 0.3 is 6.09 Å². The summed E-state index contributed by atoms with van der Waals surface area (Å²) in [5.74, 6) is -2.49. The molecule has 0 spiro atoms. The smallest absolute Gasteiger partial charge is 0.407 e. The number of halogens is 2. The Bertz CT molecular complexity index is 277. The van der Waals surface area contributed by atoms with Crippen molar-refractivity contribution in [3.8, 4) is 0 Å². The van der Waals surface area contributed by atoms with Gasteiger partial charge in [-0.05, 0) is 39.5 Å². The zero-order valence-corrected chi connectivity index (χ0v) is 10.7. The molecular formula is C12H21F2NO2. The third-order valence-corrected chi connectivity index (χ3v) is 3.32. The fourth-order valence-corrected chi connectivity index (χ4v) is 2.18. The summed E-state index contributed by atoms with van der Waals surface area (Å²) in [4.78, 5) is 12.5. The summed E-state index contributed by atoms with van der Waals surface area (Å²) in [5.41, 5.74) is -0.480. The van der Waals surface area contributed by atoms with Crippen LogP contribution in [0.15, 0.2) is 0 Å². The molecule has 0 saturated heterocycles. The number of hydrogen-bond donors (Lipinski definition) is 1. The average Bonchev–Trinajstić information content (AvgIpc) is 2.13. The van der Waals surface area contributed by atoms with Crippen LogP contribution in [0, 0.1) is 5.92 Å². The van der Waals surface area contributed by atoms with Gasteiger partial charge in [-0.2, -0.15) is 0 Å². The molecule has 17 heavy (non-hydrogen) atoms. The fourth-order valence-electron chi connectivity index (χ4n) is 2.18. The molecule has 1 N–H and O–H groups in total. The molecule has 0 aromatic rings. The van der Waals surface area contributed by atoms with E-state index in [2.05, 4.69) is 0 Å². The third kappa shape index (κ3) is 4.13. The monoisotopic (exact) mass is 249 g/mol.